The van der Waals surface area contributed by atoms with Crippen LogP contribution in [-0.4, -0.2) is 31.6 Å². The van der Waals surface area contributed by atoms with Gasteiger partial charge in [0.05, 0.1) is 12.2 Å². The van der Waals surface area contributed by atoms with E-state index in [2.05, 4.69) is 17.4 Å². The van der Waals surface area contributed by atoms with Crippen LogP contribution in [0, 0.1) is 0 Å². The second-order valence-corrected chi connectivity index (χ2v) is 6.73. The molecule has 0 radical (unpaired) electrons. The summed E-state index contributed by atoms with van der Waals surface area (Å²) in [5.74, 6) is 1.69. The average molecular weight is 287 g/mol. The second-order valence-electron chi connectivity index (χ2n) is 6.73. The highest BCUT2D eigenvalue weighted by Crippen LogP contribution is 2.59. The van der Waals surface area contributed by atoms with Crippen molar-refractivity contribution in [2.24, 2.45) is 0 Å². The number of benzene rings is 1. The van der Waals surface area contributed by atoms with Crippen LogP contribution in [0.3, 0.4) is 0 Å². The highest BCUT2D eigenvalue weighted by atomic mass is 16.7. The maximum atomic E-state index is 6.30. The molecule has 6 rings (SSSR count). The third kappa shape index (κ3) is 1.17. The first-order chi connectivity index (χ1) is 10.4. The van der Waals surface area contributed by atoms with Crippen LogP contribution >= 0.6 is 0 Å². The van der Waals surface area contributed by atoms with E-state index in [1.54, 1.807) is 0 Å². The lowest BCUT2D eigenvalue weighted by molar-refractivity contribution is -0.0897. The monoisotopic (exact) mass is 287 g/mol. The summed E-state index contributed by atoms with van der Waals surface area (Å²) in [4.78, 5) is 0. The molecule has 4 heterocycles. The molecule has 1 unspecified atom stereocenters. The number of hydrogen-bond acceptors (Lipinski definition) is 5. The summed E-state index contributed by atoms with van der Waals surface area (Å²) in [5, 5.41) is 3.69. The molecule has 1 saturated carbocycles. The Bertz CT molecular complexity index is 647. The van der Waals surface area contributed by atoms with Gasteiger partial charge in [-0.3, -0.25) is 0 Å². The Morgan fingerprint density at radius 2 is 2.00 bits per heavy atom. The number of fused-ring (bicyclic) bond motifs is 4. The van der Waals surface area contributed by atoms with Crippen molar-refractivity contribution < 1.29 is 18.9 Å². The highest BCUT2D eigenvalue weighted by Gasteiger charge is 2.63. The maximum absolute atomic E-state index is 6.30. The number of nitrogens with one attached hydrogen (secondary N) is 1. The second kappa shape index (κ2) is 3.54. The van der Waals surface area contributed by atoms with Gasteiger partial charge < -0.3 is 24.3 Å². The van der Waals surface area contributed by atoms with E-state index in [0.29, 0.717) is 12.8 Å². The first kappa shape index (κ1) is 11.3. The van der Waals surface area contributed by atoms with E-state index in [-0.39, 0.29) is 23.9 Å². The molecular formula is C16H17NO4. The van der Waals surface area contributed by atoms with E-state index in [4.69, 9.17) is 18.9 Å². The van der Waals surface area contributed by atoms with Crippen LogP contribution in [0.5, 0.6) is 11.5 Å². The summed E-state index contributed by atoms with van der Waals surface area (Å²) in [6.07, 6.45) is 3.54. The van der Waals surface area contributed by atoms with Crippen molar-refractivity contribution in [2.45, 2.75) is 49.2 Å². The summed E-state index contributed by atoms with van der Waals surface area (Å²) >= 11 is 0. The van der Waals surface area contributed by atoms with Gasteiger partial charge in [-0.1, -0.05) is 0 Å². The minimum absolute atomic E-state index is 0.0478. The largest absolute Gasteiger partial charge is 0.454 e. The molecule has 4 aliphatic heterocycles. The molecule has 2 bridgehead atoms. The van der Waals surface area contributed by atoms with Crippen molar-refractivity contribution in [3.63, 3.8) is 0 Å². The van der Waals surface area contributed by atoms with Gasteiger partial charge in [0.25, 0.3) is 0 Å². The predicted octanol–water partition coefficient (Wildman–Crippen LogP) is 1.60. The zero-order valence-electron chi connectivity index (χ0n) is 11.6. The van der Waals surface area contributed by atoms with E-state index in [1.807, 2.05) is 0 Å². The predicted molar refractivity (Wildman–Crippen MR) is 72.4 cm³/mol. The molecule has 2 saturated heterocycles. The van der Waals surface area contributed by atoms with Gasteiger partial charge in [-0.25, -0.2) is 0 Å². The molecule has 0 aromatic heterocycles. The molecule has 1 spiro atoms. The minimum atomic E-state index is -0.227. The molecular weight excluding hydrogens is 270 g/mol. The highest BCUT2D eigenvalue weighted by molar-refractivity contribution is 5.55. The molecule has 3 fully saturated rings. The zero-order chi connectivity index (χ0) is 13.6. The summed E-state index contributed by atoms with van der Waals surface area (Å²) in [6.45, 7) is 1.36. The van der Waals surface area contributed by atoms with Gasteiger partial charge in [0.2, 0.25) is 6.79 Å². The van der Waals surface area contributed by atoms with Crippen LogP contribution in [0.1, 0.15) is 36.7 Å². The molecule has 5 aliphatic rings. The fourth-order valence-electron chi connectivity index (χ4n) is 5.17. The SMILES string of the molecule is c1c2c(cc3c1C1O[C@@H]4[C@@H](CC[C@H]5NCC[C@@]345)O1)OCO2. The van der Waals surface area contributed by atoms with Crippen LogP contribution in [0.4, 0.5) is 0 Å². The first-order valence-electron chi connectivity index (χ1n) is 7.84. The average Bonchev–Trinajstić information content (AvgIpc) is 3.20. The van der Waals surface area contributed by atoms with E-state index < -0.39 is 0 Å². The summed E-state index contributed by atoms with van der Waals surface area (Å²) in [6, 6.07) is 4.75. The Labute approximate surface area is 122 Å². The molecule has 5 nitrogen and oxygen atoms in total. The Kier molecular flexibility index (Phi) is 1.90. The van der Waals surface area contributed by atoms with Crippen LogP contribution in [0.15, 0.2) is 12.1 Å². The van der Waals surface area contributed by atoms with Gasteiger partial charge in [-0.05, 0) is 43.5 Å². The molecule has 1 aromatic carbocycles. The number of rotatable bonds is 0. The minimum Gasteiger partial charge on any atom is -0.454 e. The lowest BCUT2D eigenvalue weighted by atomic mass is 9.62. The standard InChI is InChI=1S/C16H17NO4/c1-2-13-16(3-4-17-13)9-6-12-11(18-7-19-12)5-8(9)15-20-10(1)14(16)21-15/h5-6,10,13-15,17H,1-4,7H2/t10-,13-,14-,15?,16+/m1/s1. The summed E-state index contributed by atoms with van der Waals surface area (Å²) in [7, 11) is 0. The van der Waals surface area contributed by atoms with Crippen molar-refractivity contribution in [1.82, 2.24) is 5.32 Å². The summed E-state index contributed by atoms with van der Waals surface area (Å²) < 4.78 is 23.7. The summed E-state index contributed by atoms with van der Waals surface area (Å²) in [5.41, 5.74) is 2.56. The molecule has 110 valence electrons. The number of ether oxygens (including phenoxy) is 4. The fourth-order valence-corrected chi connectivity index (χ4v) is 5.17. The van der Waals surface area contributed by atoms with Crippen molar-refractivity contribution in [3.8, 4) is 11.5 Å². The van der Waals surface area contributed by atoms with Gasteiger partial charge >= 0.3 is 0 Å². The van der Waals surface area contributed by atoms with Gasteiger partial charge in [-0.15, -0.1) is 0 Å². The Morgan fingerprint density at radius 1 is 1.10 bits per heavy atom. The number of hydrogen-bond donors (Lipinski definition) is 1. The van der Waals surface area contributed by atoms with Crippen molar-refractivity contribution >= 4 is 0 Å². The van der Waals surface area contributed by atoms with E-state index in [1.165, 1.54) is 5.56 Å². The first-order valence-corrected chi connectivity index (χ1v) is 7.84. The molecule has 21 heavy (non-hydrogen) atoms. The van der Waals surface area contributed by atoms with E-state index in [0.717, 1.165) is 42.9 Å². The van der Waals surface area contributed by atoms with Crippen LogP contribution < -0.4 is 14.8 Å². The van der Waals surface area contributed by atoms with Crippen LogP contribution in [0.2, 0.25) is 0 Å². The third-order valence-electron chi connectivity index (χ3n) is 6.01. The Hall–Kier alpha value is -1.30. The van der Waals surface area contributed by atoms with Gasteiger partial charge in [0.15, 0.2) is 17.8 Å². The van der Waals surface area contributed by atoms with Gasteiger partial charge in [-0.2, -0.15) is 0 Å². The molecule has 1 aliphatic carbocycles. The fraction of sp³-hybridized carbons (Fsp3) is 0.625. The Morgan fingerprint density at radius 3 is 2.95 bits per heavy atom. The Balaban J connectivity index is 1.65. The van der Waals surface area contributed by atoms with Crippen molar-refractivity contribution in [3.05, 3.63) is 23.3 Å². The lowest BCUT2D eigenvalue weighted by Crippen LogP contribution is -2.57. The van der Waals surface area contributed by atoms with Crippen LogP contribution in [-0.2, 0) is 14.9 Å². The molecule has 0 amide bonds. The quantitative estimate of drug-likeness (QED) is 0.785. The van der Waals surface area contributed by atoms with Crippen molar-refractivity contribution in [2.75, 3.05) is 13.3 Å². The van der Waals surface area contributed by atoms with E-state index in [9.17, 15) is 0 Å². The third-order valence-corrected chi connectivity index (χ3v) is 6.01. The zero-order valence-corrected chi connectivity index (χ0v) is 11.6. The van der Waals surface area contributed by atoms with Crippen molar-refractivity contribution in [1.29, 1.82) is 0 Å². The maximum Gasteiger partial charge on any atom is 0.231 e. The van der Waals surface area contributed by atoms with Gasteiger partial charge in [0, 0.05) is 17.0 Å². The smallest absolute Gasteiger partial charge is 0.231 e. The van der Waals surface area contributed by atoms with Crippen LogP contribution in [0.25, 0.3) is 0 Å². The normalized spacial score (nSPS) is 44.6. The molecule has 1 N–H and O–H groups in total. The molecule has 5 atom stereocenters. The van der Waals surface area contributed by atoms with Gasteiger partial charge in [0.1, 0.15) is 0 Å². The molecule has 1 aromatic rings. The molecule has 5 heteroatoms. The van der Waals surface area contributed by atoms with E-state index >= 15 is 0 Å². The lowest BCUT2D eigenvalue weighted by Gasteiger charge is -2.47. The topological polar surface area (TPSA) is 49.0 Å².